The highest BCUT2D eigenvalue weighted by Gasteiger charge is 2.02. The summed E-state index contributed by atoms with van der Waals surface area (Å²) >= 11 is 3.57. The summed E-state index contributed by atoms with van der Waals surface area (Å²) < 4.78 is 5.78. The van der Waals surface area contributed by atoms with Crippen molar-refractivity contribution in [2.45, 2.75) is 25.8 Å². The van der Waals surface area contributed by atoms with Crippen molar-refractivity contribution in [3.63, 3.8) is 0 Å². The van der Waals surface area contributed by atoms with Crippen LogP contribution in [0.1, 0.15) is 24.8 Å². The number of benzene rings is 1. The van der Waals surface area contributed by atoms with E-state index in [9.17, 15) is 0 Å². The van der Waals surface area contributed by atoms with Crippen LogP contribution in [0, 0.1) is 0 Å². The lowest BCUT2D eigenvalue weighted by molar-refractivity contribution is 0.440. The topological polar surface area (TPSA) is 30.5 Å². The Balaban J connectivity index is 2.06. The van der Waals surface area contributed by atoms with E-state index in [1.165, 1.54) is 43.6 Å². The first-order valence-electron chi connectivity index (χ1n) is 8.69. The Morgan fingerprint density at radius 1 is 0.917 bits per heavy atom. The van der Waals surface area contributed by atoms with Gasteiger partial charge < -0.3 is 10.2 Å². The molecule has 6 heteroatoms. The molecule has 0 aliphatic carbocycles. The van der Waals surface area contributed by atoms with E-state index in [1.54, 1.807) is 11.9 Å². The number of hydrogen-bond acceptors (Lipinski definition) is 6. The standard InChI is InChI=1S/C18H34N4S2/c1-21(2)18-10-8-17(9-11-18)16-19-12-5-6-14-22(24-4)15-7-13-20-23-3/h8-11,19-20H,5-7,12-16H2,1-4H3. The van der Waals surface area contributed by atoms with Crippen molar-refractivity contribution in [2.75, 3.05) is 57.7 Å². The SMILES string of the molecule is CSNCCCN(CCCCNCc1ccc(N(C)C)cc1)SC. The second-order valence-corrected chi connectivity index (χ2v) is 7.59. The average molecular weight is 371 g/mol. The van der Waals surface area contributed by atoms with Gasteiger partial charge in [-0.25, -0.2) is 0 Å². The van der Waals surface area contributed by atoms with Gasteiger partial charge in [0.1, 0.15) is 0 Å². The van der Waals surface area contributed by atoms with Crippen molar-refractivity contribution >= 4 is 29.6 Å². The maximum absolute atomic E-state index is 3.55. The van der Waals surface area contributed by atoms with Crippen LogP contribution in [-0.2, 0) is 6.54 Å². The van der Waals surface area contributed by atoms with E-state index in [0.29, 0.717) is 0 Å². The molecule has 0 heterocycles. The molecule has 0 fully saturated rings. The summed E-state index contributed by atoms with van der Waals surface area (Å²) in [5, 5.41) is 3.55. The second kappa shape index (κ2) is 13.8. The van der Waals surface area contributed by atoms with Crippen LogP contribution >= 0.6 is 23.9 Å². The maximum atomic E-state index is 3.55. The smallest absolute Gasteiger partial charge is 0.0361 e. The van der Waals surface area contributed by atoms with E-state index in [1.807, 2.05) is 11.9 Å². The number of rotatable bonds is 14. The zero-order valence-electron chi connectivity index (χ0n) is 15.7. The molecule has 0 aliphatic heterocycles. The molecule has 1 rings (SSSR count). The normalized spacial score (nSPS) is 11.2. The molecule has 0 aliphatic rings. The van der Waals surface area contributed by atoms with Crippen molar-refractivity contribution in [1.29, 1.82) is 0 Å². The Hall–Kier alpha value is -0.400. The molecule has 1 aromatic rings. The number of hydrogen-bond donors (Lipinski definition) is 2. The summed E-state index contributed by atoms with van der Waals surface area (Å²) in [4.78, 5) is 2.13. The summed E-state index contributed by atoms with van der Waals surface area (Å²) in [5.74, 6) is 0. The Morgan fingerprint density at radius 2 is 1.62 bits per heavy atom. The summed E-state index contributed by atoms with van der Waals surface area (Å²) in [5.41, 5.74) is 2.61. The van der Waals surface area contributed by atoms with Gasteiger partial charge in [-0.2, -0.15) is 0 Å². The minimum Gasteiger partial charge on any atom is -0.378 e. The van der Waals surface area contributed by atoms with Crippen LogP contribution in [0.4, 0.5) is 5.69 Å². The van der Waals surface area contributed by atoms with Gasteiger partial charge in [-0.05, 0) is 56.0 Å². The fourth-order valence-corrected chi connectivity index (χ4v) is 3.38. The van der Waals surface area contributed by atoms with E-state index < -0.39 is 0 Å². The van der Waals surface area contributed by atoms with Crippen molar-refractivity contribution in [1.82, 2.24) is 14.3 Å². The van der Waals surface area contributed by atoms with Gasteiger partial charge in [-0.3, -0.25) is 9.03 Å². The van der Waals surface area contributed by atoms with E-state index in [2.05, 4.69) is 70.1 Å². The molecular weight excluding hydrogens is 336 g/mol. The molecule has 0 spiro atoms. The molecule has 24 heavy (non-hydrogen) atoms. The third-order valence-electron chi connectivity index (χ3n) is 3.88. The minimum atomic E-state index is 0.959. The highest BCUT2D eigenvalue weighted by Crippen LogP contribution is 2.12. The van der Waals surface area contributed by atoms with Gasteiger partial charge in [0, 0.05) is 46.0 Å². The summed E-state index contributed by atoms with van der Waals surface area (Å²) in [6.45, 7) is 5.48. The van der Waals surface area contributed by atoms with Crippen molar-refractivity contribution in [3.05, 3.63) is 29.8 Å². The first-order chi connectivity index (χ1) is 11.7. The molecule has 0 saturated heterocycles. The van der Waals surface area contributed by atoms with Crippen LogP contribution in [0.15, 0.2) is 24.3 Å². The molecule has 0 atom stereocenters. The van der Waals surface area contributed by atoms with E-state index in [4.69, 9.17) is 0 Å². The number of nitrogens with one attached hydrogen (secondary N) is 2. The Morgan fingerprint density at radius 3 is 2.25 bits per heavy atom. The van der Waals surface area contributed by atoms with Gasteiger partial charge in [0.2, 0.25) is 0 Å². The second-order valence-electron chi connectivity index (χ2n) is 6.01. The van der Waals surface area contributed by atoms with Crippen LogP contribution in [0.5, 0.6) is 0 Å². The molecular formula is C18H34N4S2. The monoisotopic (exact) mass is 370 g/mol. The van der Waals surface area contributed by atoms with E-state index in [0.717, 1.165) is 19.6 Å². The molecule has 0 radical (unpaired) electrons. The van der Waals surface area contributed by atoms with E-state index in [-0.39, 0.29) is 0 Å². The lowest BCUT2D eigenvalue weighted by atomic mass is 10.2. The first kappa shape index (κ1) is 21.6. The summed E-state index contributed by atoms with van der Waals surface area (Å²) in [7, 11) is 4.15. The van der Waals surface area contributed by atoms with Crippen LogP contribution in [0.25, 0.3) is 0 Å². The van der Waals surface area contributed by atoms with Gasteiger partial charge in [-0.15, -0.1) is 0 Å². The van der Waals surface area contributed by atoms with Crippen LogP contribution in [-0.4, -0.2) is 57.1 Å². The number of unbranched alkanes of at least 4 members (excludes halogenated alkanes) is 1. The lowest BCUT2D eigenvalue weighted by Crippen LogP contribution is -2.22. The average Bonchev–Trinajstić information content (AvgIpc) is 2.60. The molecule has 0 unspecified atom stereocenters. The Labute approximate surface area is 157 Å². The number of anilines is 1. The van der Waals surface area contributed by atoms with E-state index >= 15 is 0 Å². The van der Waals surface area contributed by atoms with Gasteiger partial charge in [0.25, 0.3) is 0 Å². The predicted octanol–water partition coefficient (Wildman–Crippen LogP) is 3.46. The molecule has 0 saturated carbocycles. The zero-order valence-corrected chi connectivity index (χ0v) is 17.3. The largest absolute Gasteiger partial charge is 0.378 e. The summed E-state index contributed by atoms with van der Waals surface area (Å²) in [6, 6.07) is 8.78. The Bertz CT molecular complexity index is 412. The van der Waals surface area contributed by atoms with Crippen molar-refractivity contribution in [3.8, 4) is 0 Å². The van der Waals surface area contributed by atoms with Crippen LogP contribution in [0.2, 0.25) is 0 Å². The molecule has 1 aromatic carbocycles. The fourth-order valence-electron chi connectivity index (χ4n) is 2.41. The quantitative estimate of drug-likeness (QED) is 0.385. The molecule has 0 amide bonds. The molecule has 0 bridgehead atoms. The fraction of sp³-hybridized carbons (Fsp3) is 0.667. The Kier molecular flexibility index (Phi) is 12.5. The van der Waals surface area contributed by atoms with Gasteiger partial charge >= 0.3 is 0 Å². The molecule has 2 N–H and O–H groups in total. The highest BCUT2D eigenvalue weighted by molar-refractivity contribution is 7.96. The number of nitrogens with zero attached hydrogens (tertiary/aromatic N) is 2. The molecule has 138 valence electrons. The third kappa shape index (κ3) is 9.79. The van der Waals surface area contributed by atoms with Gasteiger partial charge in [0.15, 0.2) is 0 Å². The van der Waals surface area contributed by atoms with Crippen molar-refractivity contribution < 1.29 is 0 Å². The zero-order chi connectivity index (χ0) is 17.6. The minimum absolute atomic E-state index is 0.959. The predicted molar refractivity (Wildman–Crippen MR) is 113 cm³/mol. The molecule has 4 nitrogen and oxygen atoms in total. The van der Waals surface area contributed by atoms with Gasteiger partial charge in [-0.1, -0.05) is 36.0 Å². The molecule has 0 aromatic heterocycles. The van der Waals surface area contributed by atoms with Gasteiger partial charge in [0.05, 0.1) is 0 Å². The van der Waals surface area contributed by atoms with Crippen LogP contribution in [0.3, 0.4) is 0 Å². The summed E-state index contributed by atoms with van der Waals surface area (Å²) in [6.07, 6.45) is 7.95. The first-order valence-corrected chi connectivity index (χ1v) is 11.1. The lowest BCUT2D eigenvalue weighted by Gasteiger charge is -2.19. The van der Waals surface area contributed by atoms with Crippen molar-refractivity contribution in [2.24, 2.45) is 0 Å². The highest BCUT2D eigenvalue weighted by atomic mass is 32.2. The third-order valence-corrected chi connectivity index (χ3v) is 5.26. The maximum Gasteiger partial charge on any atom is 0.0361 e. The van der Waals surface area contributed by atoms with Crippen LogP contribution < -0.4 is 14.9 Å².